The zero-order valence-electron chi connectivity index (χ0n) is 21.6. The molecule has 1 N–H and O–H groups in total. The Kier molecular flexibility index (Phi) is 8.23. The Balaban J connectivity index is 1.77. The number of ether oxygens (including phenoxy) is 5. The SMILES string of the molecule is COCCN1C(=O)C(=O)/C(=C(/O)c2ccc3c(c2)OCCO3)C1c1ccc(OCCC(C)C)c(OC)c1. The van der Waals surface area contributed by atoms with Crippen molar-refractivity contribution in [3.8, 4) is 23.0 Å². The number of amides is 1. The summed E-state index contributed by atoms with van der Waals surface area (Å²) in [6.07, 6.45) is 0.887. The van der Waals surface area contributed by atoms with E-state index in [1.54, 1.807) is 36.4 Å². The second kappa shape index (κ2) is 11.6. The highest BCUT2D eigenvalue weighted by Gasteiger charge is 2.46. The van der Waals surface area contributed by atoms with Gasteiger partial charge >= 0.3 is 0 Å². The predicted octanol–water partition coefficient (Wildman–Crippen LogP) is 3.96. The van der Waals surface area contributed by atoms with Crippen molar-refractivity contribution in [1.29, 1.82) is 0 Å². The monoisotopic (exact) mass is 511 g/mol. The molecule has 0 bridgehead atoms. The first-order valence-corrected chi connectivity index (χ1v) is 12.3. The van der Waals surface area contributed by atoms with Gasteiger partial charge in [-0.15, -0.1) is 0 Å². The van der Waals surface area contributed by atoms with E-state index in [1.807, 2.05) is 0 Å². The van der Waals surface area contributed by atoms with Crippen LogP contribution in [0.2, 0.25) is 0 Å². The van der Waals surface area contributed by atoms with E-state index in [0.717, 1.165) is 6.42 Å². The summed E-state index contributed by atoms with van der Waals surface area (Å²) in [5.74, 6) is 0.762. The minimum Gasteiger partial charge on any atom is -0.507 e. The Labute approximate surface area is 216 Å². The van der Waals surface area contributed by atoms with Crippen LogP contribution >= 0.6 is 0 Å². The zero-order valence-corrected chi connectivity index (χ0v) is 21.6. The minimum absolute atomic E-state index is 0.0201. The third-order valence-electron chi connectivity index (χ3n) is 6.35. The molecule has 2 aromatic carbocycles. The molecule has 0 radical (unpaired) electrons. The van der Waals surface area contributed by atoms with Crippen LogP contribution in [0.4, 0.5) is 0 Å². The number of nitrogens with zero attached hydrogens (tertiary/aromatic N) is 1. The molecular weight excluding hydrogens is 478 g/mol. The van der Waals surface area contributed by atoms with Crippen LogP contribution in [0.5, 0.6) is 23.0 Å². The minimum atomic E-state index is -0.845. The summed E-state index contributed by atoms with van der Waals surface area (Å²) in [7, 11) is 3.05. The first-order valence-electron chi connectivity index (χ1n) is 12.3. The van der Waals surface area contributed by atoms with Crippen molar-refractivity contribution in [2.75, 3.05) is 47.2 Å². The van der Waals surface area contributed by atoms with E-state index in [4.69, 9.17) is 23.7 Å². The lowest BCUT2D eigenvalue weighted by atomic mass is 9.94. The second-order valence-electron chi connectivity index (χ2n) is 9.29. The molecule has 0 spiro atoms. The van der Waals surface area contributed by atoms with Gasteiger partial charge in [0.05, 0.1) is 31.9 Å². The number of benzene rings is 2. The molecule has 0 aliphatic carbocycles. The fraction of sp³-hybridized carbons (Fsp3) is 0.429. The standard InChI is InChI=1S/C28H33NO8/c1-17(2)9-11-35-20-7-5-18(15-22(20)34-4)25-24(27(31)28(32)29(25)10-12-33-3)26(30)19-6-8-21-23(16-19)37-14-13-36-21/h5-8,15-17,25,30H,9-14H2,1-4H3/b26-24+. The summed E-state index contributed by atoms with van der Waals surface area (Å²) >= 11 is 0. The maximum absolute atomic E-state index is 13.2. The second-order valence-corrected chi connectivity index (χ2v) is 9.29. The lowest BCUT2D eigenvalue weighted by Gasteiger charge is -2.26. The quantitative estimate of drug-likeness (QED) is 0.291. The van der Waals surface area contributed by atoms with Crippen molar-refractivity contribution in [3.63, 3.8) is 0 Å². The molecule has 37 heavy (non-hydrogen) atoms. The molecule has 9 heteroatoms. The average Bonchev–Trinajstić information content (AvgIpc) is 3.16. The van der Waals surface area contributed by atoms with Gasteiger partial charge in [-0.1, -0.05) is 19.9 Å². The van der Waals surface area contributed by atoms with Gasteiger partial charge in [0.2, 0.25) is 0 Å². The molecule has 1 amide bonds. The Hall–Kier alpha value is -3.72. The molecule has 1 fully saturated rings. The maximum atomic E-state index is 13.2. The average molecular weight is 512 g/mol. The molecule has 198 valence electrons. The van der Waals surface area contributed by atoms with Crippen LogP contribution in [0, 0.1) is 5.92 Å². The number of ketones is 1. The highest BCUT2D eigenvalue weighted by atomic mass is 16.6. The van der Waals surface area contributed by atoms with E-state index < -0.39 is 17.7 Å². The molecule has 2 aromatic rings. The molecule has 2 aliphatic heterocycles. The largest absolute Gasteiger partial charge is 0.507 e. The van der Waals surface area contributed by atoms with Crippen molar-refractivity contribution >= 4 is 17.4 Å². The summed E-state index contributed by atoms with van der Waals surface area (Å²) < 4.78 is 27.9. The van der Waals surface area contributed by atoms with Gasteiger partial charge < -0.3 is 33.7 Å². The van der Waals surface area contributed by atoms with E-state index in [1.165, 1.54) is 19.1 Å². The number of aliphatic hydroxyl groups excluding tert-OH is 1. The molecular formula is C28H33NO8. The number of hydrogen-bond donors (Lipinski definition) is 1. The van der Waals surface area contributed by atoms with E-state index >= 15 is 0 Å². The van der Waals surface area contributed by atoms with Gasteiger partial charge in [0.15, 0.2) is 23.0 Å². The lowest BCUT2D eigenvalue weighted by molar-refractivity contribution is -0.140. The first kappa shape index (κ1) is 26.3. The molecule has 0 aromatic heterocycles. The van der Waals surface area contributed by atoms with Crippen LogP contribution in [-0.2, 0) is 14.3 Å². The normalized spacial score (nSPS) is 18.4. The predicted molar refractivity (Wildman–Crippen MR) is 136 cm³/mol. The first-order chi connectivity index (χ1) is 17.8. The molecule has 1 unspecified atom stereocenters. The third-order valence-corrected chi connectivity index (χ3v) is 6.35. The Morgan fingerprint density at radius 1 is 1.03 bits per heavy atom. The van der Waals surface area contributed by atoms with Gasteiger partial charge in [0.1, 0.15) is 19.0 Å². The number of methoxy groups -OCH3 is 2. The van der Waals surface area contributed by atoms with Gasteiger partial charge in [-0.3, -0.25) is 9.59 Å². The summed E-state index contributed by atoms with van der Waals surface area (Å²) in [5.41, 5.74) is 0.926. The summed E-state index contributed by atoms with van der Waals surface area (Å²) in [6.45, 7) is 5.97. The number of Topliss-reactive ketones (excluding diaryl/α,β-unsaturated/α-hetero) is 1. The number of carbonyl (C=O) groups excluding carboxylic acids is 2. The summed E-state index contributed by atoms with van der Waals surface area (Å²) in [4.78, 5) is 27.7. The number of likely N-dealkylation sites (tertiary alicyclic amines) is 1. The molecule has 2 heterocycles. The fourth-order valence-electron chi connectivity index (χ4n) is 4.37. The van der Waals surface area contributed by atoms with Crippen molar-refractivity contribution in [3.05, 3.63) is 53.1 Å². The molecule has 1 atom stereocenters. The molecule has 1 saturated heterocycles. The maximum Gasteiger partial charge on any atom is 0.295 e. The number of aliphatic hydroxyl groups is 1. The van der Waals surface area contributed by atoms with E-state index in [0.29, 0.717) is 59.9 Å². The van der Waals surface area contributed by atoms with Crippen LogP contribution < -0.4 is 18.9 Å². The van der Waals surface area contributed by atoms with Crippen LogP contribution in [-0.4, -0.2) is 68.9 Å². The van der Waals surface area contributed by atoms with Crippen molar-refractivity contribution in [1.82, 2.24) is 4.90 Å². The Morgan fingerprint density at radius 2 is 1.78 bits per heavy atom. The highest BCUT2D eigenvalue weighted by molar-refractivity contribution is 6.46. The van der Waals surface area contributed by atoms with Crippen molar-refractivity contribution < 1.29 is 38.4 Å². The summed E-state index contributed by atoms with van der Waals surface area (Å²) in [5, 5.41) is 11.3. The van der Waals surface area contributed by atoms with Gasteiger partial charge in [-0.05, 0) is 48.2 Å². The van der Waals surface area contributed by atoms with Crippen LogP contribution in [0.3, 0.4) is 0 Å². The van der Waals surface area contributed by atoms with Gasteiger partial charge in [-0.25, -0.2) is 0 Å². The smallest absolute Gasteiger partial charge is 0.295 e. The lowest BCUT2D eigenvalue weighted by Crippen LogP contribution is -2.32. The topological polar surface area (TPSA) is 104 Å². The van der Waals surface area contributed by atoms with Crippen LogP contribution in [0.25, 0.3) is 5.76 Å². The number of carbonyl (C=O) groups is 2. The van der Waals surface area contributed by atoms with Crippen molar-refractivity contribution in [2.45, 2.75) is 26.3 Å². The Morgan fingerprint density at radius 3 is 2.49 bits per heavy atom. The molecule has 0 saturated carbocycles. The molecule has 4 rings (SSSR count). The number of rotatable bonds is 10. The van der Waals surface area contributed by atoms with Gasteiger partial charge in [0.25, 0.3) is 11.7 Å². The number of hydrogen-bond acceptors (Lipinski definition) is 8. The van der Waals surface area contributed by atoms with Crippen LogP contribution in [0.15, 0.2) is 42.0 Å². The molecule has 2 aliphatic rings. The van der Waals surface area contributed by atoms with E-state index in [2.05, 4.69) is 13.8 Å². The van der Waals surface area contributed by atoms with Crippen LogP contribution in [0.1, 0.15) is 37.4 Å². The van der Waals surface area contributed by atoms with E-state index in [9.17, 15) is 14.7 Å². The zero-order chi connectivity index (χ0) is 26.5. The highest BCUT2D eigenvalue weighted by Crippen LogP contribution is 2.43. The van der Waals surface area contributed by atoms with E-state index in [-0.39, 0.29) is 24.5 Å². The summed E-state index contributed by atoms with van der Waals surface area (Å²) in [6, 6.07) is 9.34. The number of fused-ring (bicyclic) bond motifs is 1. The van der Waals surface area contributed by atoms with Gasteiger partial charge in [-0.2, -0.15) is 0 Å². The Bertz CT molecular complexity index is 1190. The molecule has 9 nitrogen and oxygen atoms in total. The van der Waals surface area contributed by atoms with Gasteiger partial charge in [0, 0.05) is 19.2 Å². The van der Waals surface area contributed by atoms with Crippen molar-refractivity contribution in [2.24, 2.45) is 5.92 Å². The fourth-order valence-corrected chi connectivity index (χ4v) is 4.37. The third kappa shape index (κ3) is 5.51.